The molecule has 1 aliphatic rings. The van der Waals surface area contributed by atoms with Crippen molar-refractivity contribution in [2.45, 2.75) is 6.42 Å². The molecule has 1 aliphatic heterocycles. The number of nitrogens with one attached hydrogen (secondary N) is 1. The summed E-state index contributed by atoms with van der Waals surface area (Å²) in [4.78, 5) is 0. The molecule has 0 saturated carbocycles. The summed E-state index contributed by atoms with van der Waals surface area (Å²) in [6.07, 6.45) is 1.93. The van der Waals surface area contributed by atoms with E-state index in [2.05, 4.69) is 4.72 Å². The Balaban J connectivity index is 2.27. The molecular weight excluding hydrogens is 230 g/mol. The molecule has 0 aromatic heterocycles. The summed E-state index contributed by atoms with van der Waals surface area (Å²) in [7, 11) is -3.26. The molecule has 1 aromatic carbocycles. The maximum atomic E-state index is 11.1. The SMILES string of the molecule is CS(=O)(=O)Nc1ccc2c(c1)OCCCO2. The van der Waals surface area contributed by atoms with Crippen molar-refractivity contribution in [2.24, 2.45) is 0 Å². The number of fused-ring (bicyclic) bond motifs is 1. The second kappa shape index (κ2) is 4.21. The number of hydrogen-bond donors (Lipinski definition) is 1. The van der Waals surface area contributed by atoms with Crippen molar-refractivity contribution in [3.63, 3.8) is 0 Å². The van der Waals surface area contributed by atoms with E-state index in [0.717, 1.165) is 12.7 Å². The van der Waals surface area contributed by atoms with Crippen molar-refractivity contribution in [3.8, 4) is 11.5 Å². The van der Waals surface area contributed by atoms with E-state index in [1.807, 2.05) is 0 Å². The van der Waals surface area contributed by atoms with E-state index in [0.29, 0.717) is 30.4 Å². The van der Waals surface area contributed by atoms with E-state index in [4.69, 9.17) is 9.47 Å². The quantitative estimate of drug-likeness (QED) is 0.848. The molecule has 16 heavy (non-hydrogen) atoms. The highest BCUT2D eigenvalue weighted by atomic mass is 32.2. The van der Waals surface area contributed by atoms with Gasteiger partial charge in [0.25, 0.3) is 0 Å². The number of hydrogen-bond acceptors (Lipinski definition) is 4. The summed E-state index contributed by atoms with van der Waals surface area (Å²) in [5, 5.41) is 0. The zero-order chi connectivity index (χ0) is 11.6. The first-order valence-corrected chi connectivity index (χ1v) is 6.81. The smallest absolute Gasteiger partial charge is 0.229 e. The van der Waals surface area contributed by atoms with E-state index in [1.54, 1.807) is 18.2 Å². The lowest BCUT2D eigenvalue weighted by molar-refractivity contribution is 0.297. The van der Waals surface area contributed by atoms with E-state index >= 15 is 0 Å². The molecule has 0 amide bonds. The first-order chi connectivity index (χ1) is 7.54. The van der Waals surface area contributed by atoms with Gasteiger partial charge in [0.05, 0.1) is 25.2 Å². The van der Waals surface area contributed by atoms with Crippen LogP contribution in [0, 0.1) is 0 Å². The fourth-order valence-electron chi connectivity index (χ4n) is 1.44. The van der Waals surface area contributed by atoms with Gasteiger partial charge in [0.1, 0.15) is 0 Å². The topological polar surface area (TPSA) is 64.6 Å². The first-order valence-electron chi connectivity index (χ1n) is 4.92. The fourth-order valence-corrected chi connectivity index (χ4v) is 2.00. The highest BCUT2D eigenvalue weighted by molar-refractivity contribution is 7.92. The molecule has 0 bridgehead atoms. The average molecular weight is 243 g/mol. The molecule has 0 atom stereocenters. The van der Waals surface area contributed by atoms with Gasteiger partial charge in [0.15, 0.2) is 11.5 Å². The highest BCUT2D eigenvalue weighted by Gasteiger charge is 2.11. The highest BCUT2D eigenvalue weighted by Crippen LogP contribution is 2.32. The number of benzene rings is 1. The van der Waals surface area contributed by atoms with Gasteiger partial charge in [-0.2, -0.15) is 0 Å². The summed E-state index contributed by atoms with van der Waals surface area (Å²) in [5.41, 5.74) is 0.478. The zero-order valence-corrected chi connectivity index (χ0v) is 9.71. The van der Waals surface area contributed by atoms with Gasteiger partial charge in [-0.3, -0.25) is 4.72 Å². The molecule has 1 aromatic rings. The normalized spacial score (nSPS) is 15.3. The Morgan fingerprint density at radius 3 is 2.56 bits per heavy atom. The standard InChI is InChI=1S/C10H13NO4S/c1-16(12,13)11-8-3-4-9-10(7-8)15-6-2-5-14-9/h3-4,7,11H,2,5-6H2,1H3. The van der Waals surface area contributed by atoms with Gasteiger partial charge >= 0.3 is 0 Å². The molecular formula is C10H13NO4S. The molecule has 6 heteroatoms. The van der Waals surface area contributed by atoms with Crippen LogP contribution in [0.25, 0.3) is 0 Å². The summed E-state index contributed by atoms with van der Waals surface area (Å²) in [6.45, 7) is 1.20. The Morgan fingerprint density at radius 1 is 1.19 bits per heavy atom. The molecule has 5 nitrogen and oxygen atoms in total. The Labute approximate surface area is 94.4 Å². The Bertz CT molecular complexity index is 484. The lowest BCUT2D eigenvalue weighted by Crippen LogP contribution is -2.09. The van der Waals surface area contributed by atoms with Gasteiger partial charge in [-0.15, -0.1) is 0 Å². The lowest BCUT2D eigenvalue weighted by Gasteiger charge is -2.09. The number of rotatable bonds is 2. The van der Waals surface area contributed by atoms with Crippen molar-refractivity contribution in [1.29, 1.82) is 0 Å². The molecule has 0 radical (unpaired) electrons. The first kappa shape index (κ1) is 11.1. The molecule has 1 heterocycles. The van der Waals surface area contributed by atoms with E-state index in [-0.39, 0.29) is 0 Å². The monoisotopic (exact) mass is 243 g/mol. The second-order valence-corrected chi connectivity index (χ2v) is 5.33. The number of ether oxygens (including phenoxy) is 2. The second-order valence-electron chi connectivity index (χ2n) is 3.59. The van der Waals surface area contributed by atoms with Gasteiger partial charge in [-0.25, -0.2) is 8.42 Å². The predicted molar refractivity (Wildman–Crippen MR) is 60.5 cm³/mol. The summed E-state index contributed by atoms with van der Waals surface area (Å²) in [5.74, 6) is 1.22. The summed E-state index contributed by atoms with van der Waals surface area (Å²) >= 11 is 0. The Hall–Kier alpha value is -1.43. The molecule has 0 spiro atoms. The van der Waals surface area contributed by atoms with Crippen LogP contribution in [-0.4, -0.2) is 27.9 Å². The zero-order valence-electron chi connectivity index (χ0n) is 8.89. The van der Waals surface area contributed by atoms with E-state index in [9.17, 15) is 8.42 Å². The third-order valence-corrected chi connectivity index (χ3v) is 2.66. The summed E-state index contributed by atoms with van der Waals surface area (Å²) in [6, 6.07) is 4.98. The van der Waals surface area contributed by atoms with Gasteiger partial charge < -0.3 is 9.47 Å². The number of anilines is 1. The maximum Gasteiger partial charge on any atom is 0.229 e. The third kappa shape index (κ3) is 2.79. The van der Waals surface area contributed by atoms with Crippen molar-refractivity contribution < 1.29 is 17.9 Å². The predicted octanol–water partition coefficient (Wildman–Crippen LogP) is 1.22. The molecule has 0 aliphatic carbocycles. The largest absolute Gasteiger partial charge is 0.490 e. The van der Waals surface area contributed by atoms with Crippen molar-refractivity contribution in [1.82, 2.24) is 0 Å². The van der Waals surface area contributed by atoms with Crippen LogP contribution >= 0.6 is 0 Å². The molecule has 0 unspecified atom stereocenters. The molecule has 2 rings (SSSR count). The van der Waals surface area contributed by atoms with Crippen LogP contribution in [0.5, 0.6) is 11.5 Å². The van der Waals surface area contributed by atoms with Crippen LogP contribution in [0.3, 0.4) is 0 Å². The minimum atomic E-state index is -3.26. The molecule has 0 saturated heterocycles. The number of sulfonamides is 1. The van der Waals surface area contributed by atoms with Crippen LogP contribution in [-0.2, 0) is 10.0 Å². The molecule has 1 N–H and O–H groups in total. The Morgan fingerprint density at radius 2 is 1.88 bits per heavy atom. The maximum absolute atomic E-state index is 11.1. The molecule has 0 fully saturated rings. The van der Waals surface area contributed by atoms with Crippen LogP contribution in [0.4, 0.5) is 5.69 Å². The van der Waals surface area contributed by atoms with Crippen molar-refractivity contribution >= 4 is 15.7 Å². The lowest BCUT2D eigenvalue weighted by atomic mass is 10.3. The fraction of sp³-hybridized carbons (Fsp3) is 0.400. The minimum Gasteiger partial charge on any atom is -0.490 e. The van der Waals surface area contributed by atoms with Crippen molar-refractivity contribution in [2.75, 3.05) is 24.2 Å². The van der Waals surface area contributed by atoms with E-state index in [1.165, 1.54) is 0 Å². The van der Waals surface area contributed by atoms with Crippen LogP contribution in [0.15, 0.2) is 18.2 Å². The van der Waals surface area contributed by atoms with Gasteiger partial charge in [-0.05, 0) is 12.1 Å². The average Bonchev–Trinajstić information content (AvgIpc) is 2.39. The van der Waals surface area contributed by atoms with Gasteiger partial charge in [0, 0.05) is 12.5 Å². The van der Waals surface area contributed by atoms with Crippen LogP contribution in [0.1, 0.15) is 6.42 Å². The van der Waals surface area contributed by atoms with Gasteiger partial charge in [0.2, 0.25) is 10.0 Å². The van der Waals surface area contributed by atoms with E-state index < -0.39 is 10.0 Å². The van der Waals surface area contributed by atoms with Crippen LogP contribution < -0.4 is 14.2 Å². The van der Waals surface area contributed by atoms with Gasteiger partial charge in [-0.1, -0.05) is 0 Å². The van der Waals surface area contributed by atoms with Crippen LogP contribution in [0.2, 0.25) is 0 Å². The summed E-state index contributed by atoms with van der Waals surface area (Å²) < 4.78 is 35.4. The minimum absolute atomic E-state index is 0.478. The molecule has 88 valence electrons. The third-order valence-electron chi connectivity index (χ3n) is 2.05. The Kier molecular flexibility index (Phi) is 2.91. The van der Waals surface area contributed by atoms with Crippen molar-refractivity contribution in [3.05, 3.63) is 18.2 Å².